The standard InChI is InChI=1S/C25H21F2N5O/c1-15-8-20(19-6-5-18(26)11-21(19)27)25-29-24(30-32(25)12-15)10-17-4-7-22(23(9-17)33-3)31-13-16(2)28-14-31/h4-9,11-14H,10H2,1-3H3. The maximum absolute atomic E-state index is 14.5. The van der Waals surface area contributed by atoms with Crippen molar-refractivity contribution in [1.82, 2.24) is 24.1 Å². The Morgan fingerprint density at radius 3 is 2.55 bits per heavy atom. The van der Waals surface area contributed by atoms with Crippen LogP contribution in [-0.2, 0) is 6.42 Å². The van der Waals surface area contributed by atoms with Crippen molar-refractivity contribution in [1.29, 1.82) is 0 Å². The SMILES string of the molecule is COc1cc(Cc2nc3c(-c4ccc(F)cc4F)cc(C)cn3n2)ccc1-n1cnc(C)c1. The highest BCUT2D eigenvalue weighted by Gasteiger charge is 2.16. The van der Waals surface area contributed by atoms with Gasteiger partial charge in [-0.1, -0.05) is 6.07 Å². The molecule has 2 aromatic carbocycles. The zero-order valence-corrected chi connectivity index (χ0v) is 18.4. The molecule has 6 nitrogen and oxygen atoms in total. The number of hydrogen-bond acceptors (Lipinski definition) is 4. The summed E-state index contributed by atoms with van der Waals surface area (Å²) in [6, 6.07) is 11.3. The number of fused-ring (bicyclic) bond motifs is 1. The van der Waals surface area contributed by atoms with Gasteiger partial charge in [-0.15, -0.1) is 0 Å². The molecule has 0 saturated carbocycles. The summed E-state index contributed by atoms with van der Waals surface area (Å²) in [4.78, 5) is 8.94. The molecule has 0 aliphatic carbocycles. The molecule has 0 N–H and O–H groups in total. The van der Waals surface area contributed by atoms with Crippen molar-refractivity contribution in [2.45, 2.75) is 20.3 Å². The van der Waals surface area contributed by atoms with E-state index in [1.54, 1.807) is 18.0 Å². The third kappa shape index (κ3) is 3.95. The second-order valence-electron chi connectivity index (χ2n) is 7.96. The lowest BCUT2D eigenvalue weighted by Gasteiger charge is -2.10. The predicted molar refractivity (Wildman–Crippen MR) is 121 cm³/mol. The Balaban J connectivity index is 1.52. The van der Waals surface area contributed by atoms with Crippen LogP contribution in [0.5, 0.6) is 5.75 Å². The van der Waals surface area contributed by atoms with E-state index >= 15 is 0 Å². The van der Waals surface area contributed by atoms with Crippen molar-refractivity contribution < 1.29 is 13.5 Å². The second kappa shape index (κ2) is 8.12. The molecule has 0 unspecified atom stereocenters. The van der Waals surface area contributed by atoms with E-state index in [1.807, 2.05) is 55.1 Å². The number of aryl methyl sites for hydroxylation is 2. The first-order chi connectivity index (χ1) is 15.9. The lowest BCUT2D eigenvalue weighted by atomic mass is 10.0. The zero-order chi connectivity index (χ0) is 23.1. The summed E-state index contributed by atoms with van der Waals surface area (Å²) < 4.78 is 37.1. The predicted octanol–water partition coefficient (Wildman–Crippen LogP) is 5.08. The van der Waals surface area contributed by atoms with Gasteiger partial charge in [0.2, 0.25) is 0 Å². The molecule has 0 spiro atoms. The smallest absolute Gasteiger partial charge is 0.163 e. The van der Waals surface area contributed by atoms with Gasteiger partial charge in [-0.3, -0.25) is 0 Å². The number of imidazole rings is 1. The van der Waals surface area contributed by atoms with E-state index in [0.29, 0.717) is 29.2 Å². The Bertz CT molecular complexity index is 1490. The van der Waals surface area contributed by atoms with E-state index < -0.39 is 11.6 Å². The van der Waals surface area contributed by atoms with Crippen molar-refractivity contribution in [3.05, 3.63) is 95.5 Å². The van der Waals surface area contributed by atoms with E-state index in [4.69, 9.17) is 4.74 Å². The number of hydrogen-bond donors (Lipinski definition) is 0. The first-order valence-electron chi connectivity index (χ1n) is 10.4. The molecular weight excluding hydrogens is 424 g/mol. The minimum absolute atomic E-state index is 0.283. The number of nitrogens with zero attached hydrogens (tertiary/aromatic N) is 5. The van der Waals surface area contributed by atoms with Crippen LogP contribution in [0.15, 0.2) is 61.2 Å². The summed E-state index contributed by atoms with van der Waals surface area (Å²) >= 11 is 0. The van der Waals surface area contributed by atoms with E-state index in [1.165, 1.54) is 12.1 Å². The van der Waals surface area contributed by atoms with E-state index in [2.05, 4.69) is 15.1 Å². The average Bonchev–Trinajstić information content (AvgIpc) is 3.39. The Kier molecular flexibility index (Phi) is 5.12. The van der Waals surface area contributed by atoms with Crippen molar-refractivity contribution in [2.24, 2.45) is 0 Å². The van der Waals surface area contributed by atoms with Crippen LogP contribution >= 0.6 is 0 Å². The van der Waals surface area contributed by atoms with Gasteiger partial charge in [-0.25, -0.2) is 23.3 Å². The number of pyridine rings is 1. The van der Waals surface area contributed by atoms with E-state index in [0.717, 1.165) is 28.6 Å². The normalized spacial score (nSPS) is 11.3. The van der Waals surface area contributed by atoms with Gasteiger partial charge in [0.05, 0.1) is 24.8 Å². The van der Waals surface area contributed by atoms with Crippen LogP contribution in [0.1, 0.15) is 22.6 Å². The molecule has 0 aliphatic heterocycles. The summed E-state index contributed by atoms with van der Waals surface area (Å²) in [6.45, 7) is 3.83. The highest BCUT2D eigenvalue weighted by atomic mass is 19.1. The fourth-order valence-corrected chi connectivity index (χ4v) is 3.93. The lowest BCUT2D eigenvalue weighted by Crippen LogP contribution is -1.98. The van der Waals surface area contributed by atoms with E-state index in [-0.39, 0.29) is 5.56 Å². The maximum Gasteiger partial charge on any atom is 0.163 e. The zero-order valence-electron chi connectivity index (χ0n) is 18.4. The van der Waals surface area contributed by atoms with Crippen molar-refractivity contribution in [2.75, 3.05) is 7.11 Å². The Hall–Kier alpha value is -4.07. The Morgan fingerprint density at radius 1 is 0.970 bits per heavy atom. The van der Waals surface area contributed by atoms with Crippen LogP contribution in [0.25, 0.3) is 22.5 Å². The van der Waals surface area contributed by atoms with Gasteiger partial charge in [-0.05, 0) is 55.3 Å². The molecule has 166 valence electrons. The summed E-state index contributed by atoms with van der Waals surface area (Å²) in [7, 11) is 1.63. The van der Waals surface area contributed by atoms with Crippen molar-refractivity contribution in [3.8, 4) is 22.6 Å². The van der Waals surface area contributed by atoms with Crippen LogP contribution in [0.2, 0.25) is 0 Å². The summed E-state index contributed by atoms with van der Waals surface area (Å²) in [5.74, 6) is 0.0312. The average molecular weight is 445 g/mol. The van der Waals surface area contributed by atoms with Crippen LogP contribution < -0.4 is 4.74 Å². The minimum Gasteiger partial charge on any atom is -0.495 e. The molecule has 0 bridgehead atoms. The number of rotatable bonds is 5. The van der Waals surface area contributed by atoms with Gasteiger partial charge in [-0.2, -0.15) is 5.10 Å². The third-order valence-electron chi connectivity index (χ3n) is 5.43. The number of methoxy groups -OCH3 is 1. The molecule has 0 amide bonds. The molecule has 5 rings (SSSR count). The number of halogens is 2. The van der Waals surface area contributed by atoms with Gasteiger partial charge < -0.3 is 9.30 Å². The molecule has 0 fully saturated rings. The maximum atomic E-state index is 14.5. The minimum atomic E-state index is -0.637. The second-order valence-corrected chi connectivity index (χ2v) is 7.96. The van der Waals surface area contributed by atoms with Crippen molar-refractivity contribution in [3.63, 3.8) is 0 Å². The first-order valence-corrected chi connectivity index (χ1v) is 10.4. The molecule has 0 radical (unpaired) electrons. The van der Waals surface area contributed by atoms with Crippen LogP contribution in [0.4, 0.5) is 8.78 Å². The largest absolute Gasteiger partial charge is 0.495 e. The fourth-order valence-electron chi connectivity index (χ4n) is 3.93. The molecule has 5 aromatic rings. The fraction of sp³-hybridized carbons (Fsp3) is 0.160. The van der Waals surface area contributed by atoms with Gasteiger partial charge in [0.15, 0.2) is 11.5 Å². The lowest BCUT2D eigenvalue weighted by molar-refractivity contribution is 0.412. The highest BCUT2D eigenvalue weighted by Crippen LogP contribution is 2.29. The molecule has 8 heteroatoms. The van der Waals surface area contributed by atoms with Crippen LogP contribution in [0, 0.1) is 25.5 Å². The topological polar surface area (TPSA) is 57.2 Å². The Morgan fingerprint density at radius 2 is 1.82 bits per heavy atom. The van der Waals surface area contributed by atoms with Gasteiger partial charge in [0.1, 0.15) is 17.4 Å². The van der Waals surface area contributed by atoms with Gasteiger partial charge in [0.25, 0.3) is 0 Å². The molecule has 3 aromatic heterocycles. The van der Waals surface area contributed by atoms with Crippen LogP contribution in [-0.4, -0.2) is 31.3 Å². The molecule has 33 heavy (non-hydrogen) atoms. The highest BCUT2D eigenvalue weighted by molar-refractivity contribution is 5.78. The summed E-state index contributed by atoms with van der Waals surface area (Å²) in [5.41, 5.74) is 5.01. The van der Waals surface area contributed by atoms with Crippen molar-refractivity contribution >= 4 is 5.65 Å². The molecule has 0 saturated heterocycles. The van der Waals surface area contributed by atoms with Gasteiger partial charge >= 0.3 is 0 Å². The summed E-state index contributed by atoms with van der Waals surface area (Å²) in [5, 5.41) is 4.59. The quantitative estimate of drug-likeness (QED) is 0.379. The molecule has 0 atom stereocenters. The summed E-state index contributed by atoms with van der Waals surface area (Å²) in [6.07, 6.45) is 5.97. The van der Waals surface area contributed by atoms with Gasteiger partial charge in [0, 0.05) is 36.0 Å². The number of benzene rings is 2. The molecule has 3 heterocycles. The Labute approximate surface area is 189 Å². The molecule has 0 aliphatic rings. The first kappa shape index (κ1) is 20.8. The number of ether oxygens (including phenoxy) is 1. The monoisotopic (exact) mass is 445 g/mol. The number of aromatic nitrogens is 5. The third-order valence-corrected chi connectivity index (χ3v) is 5.43. The van der Waals surface area contributed by atoms with Crippen LogP contribution in [0.3, 0.4) is 0 Å². The molecular formula is C25H21F2N5O. The van der Waals surface area contributed by atoms with E-state index in [9.17, 15) is 8.78 Å².